The first-order chi connectivity index (χ1) is 12.6. The average molecular weight is 384 g/mol. The Bertz CT molecular complexity index is 1010. The number of benzene rings is 2. The molecule has 1 saturated heterocycles. The highest BCUT2D eigenvalue weighted by Gasteiger charge is 2.51. The quantitative estimate of drug-likeness (QED) is 0.806. The monoisotopic (exact) mass is 384 g/mol. The normalized spacial score (nSPS) is 21.6. The van der Waals surface area contributed by atoms with Crippen LogP contribution in [0.1, 0.15) is 33.3 Å². The van der Waals surface area contributed by atoms with E-state index >= 15 is 0 Å². The van der Waals surface area contributed by atoms with E-state index in [4.69, 9.17) is 9.31 Å². The van der Waals surface area contributed by atoms with Crippen molar-refractivity contribution < 1.29 is 17.7 Å². The molecule has 0 aliphatic carbocycles. The number of amidine groups is 1. The summed E-state index contributed by atoms with van der Waals surface area (Å²) in [6.45, 7) is 8.05. The lowest BCUT2D eigenvalue weighted by atomic mass is 9.79. The molecule has 1 N–H and O–H groups in total. The number of sulfonamides is 1. The van der Waals surface area contributed by atoms with E-state index in [9.17, 15) is 8.42 Å². The molecule has 2 aromatic rings. The minimum absolute atomic E-state index is 0.223. The van der Waals surface area contributed by atoms with Crippen LogP contribution in [0.2, 0.25) is 0 Å². The molecule has 2 aliphatic heterocycles. The molecule has 2 heterocycles. The van der Waals surface area contributed by atoms with Crippen molar-refractivity contribution >= 4 is 34.1 Å². The van der Waals surface area contributed by atoms with Crippen LogP contribution < -0.4 is 10.8 Å². The van der Waals surface area contributed by atoms with Gasteiger partial charge in [-0.15, -0.1) is 4.40 Å². The van der Waals surface area contributed by atoms with E-state index in [2.05, 4.69) is 9.71 Å². The largest absolute Gasteiger partial charge is 0.494 e. The number of fused-ring (bicyclic) bond motifs is 1. The molecular weight excluding hydrogens is 363 g/mol. The van der Waals surface area contributed by atoms with Gasteiger partial charge in [0.15, 0.2) is 5.84 Å². The molecule has 0 unspecified atom stereocenters. The second-order valence-electron chi connectivity index (χ2n) is 7.75. The Labute approximate surface area is 159 Å². The van der Waals surface area contributed by atoms with Gasteiger partial charge in [-0.2, -0.15) is 8.42 Å². The van der Waals surface area contributed by atoms with Gasteiger partial charge in [0.1, 0.15) is 4.90 Å². The van der Waals surface area contributed by atoms with Gasteiger partial charge in [0.2, 0.25) is 0 Å². The van der Waals surface area contributed by atoms with Gasteiger partial charge >= 0.3 is 7.12 Å². The zero-order chi connectivity index (χ0) is 19.4. The Morgan fingerprint density at radius 3 is 2.15 bits per heavy atom. The topological polar surface area (TPSA) is 77.0 Å². The number of anilines is 1. The maximum atomic E-state index is 12.1. The highest BCUT2D eigenvalue weighted by molar-refractivity contribution is 7.90. The molecule has 0 bridgehead atoms. The van der Waals surface area contributed by atoms with E-state index in [1.165, 1.54) is 0 Å². The summed E-state index contributed by atoms with van der Waals surface area (Å²) in [5.74, 6) is 0.328. The second kappa shape index (κ2) is 5.92. The molecule has 6 nitrogen and oxygen atoms in total. The molecule has 27 heavy (non-hydrogen) atoms. The number of hydrogen-bond donors (Lipinski definition) is 1. The molecular formula is C19H21BN2O4S. The molecule has 0 aromatic heterocycles. The van der Waals surface area contributed by atoms with Gasteiger partial charge < -0.3 is 14.6 Å². The van der Waals surface area contributed by atoms with E-state index in [1.54, 1.807) is 24.3 Å². The molecule has 140 valence electrons. The third-order valence-electron chi connectivity index (χ3n) is 5.33. The standard InChI is InChI=1S/C19H21BN2O4S/c1-18(2)19(3,4)26-20(25-18)13-9-11-14(12-10-13)21-17-15-7-5-6-8-16(15)27(23,24)22-17/h5-12H,1-4H3,(H,21,22). The van der Waals surface area contributed by atoms with Crippen LogP contribution in [-0.2, 0) is 19.3 Å². The maximum absolute atomic E-state index is 12.1. The molecule has 0 amide bonds. The Morgan fingerprint density at radius 1 is 0.926 bits per heavy atom. The molecule has 1 fully saturated rings. The summed E-state index contributed by atoms with van der Waals surface area (Å²) < 4.78 is 40.2. The van der Waals surface area contributed by atoms with Crippen LogP contribution in [0.3, 0.4) is 0 Å². The van der Waals surface area contributed by atoms with Gasteiger partial charge in [0.25, 0.3) is 10.0 Å². The number of nitrogens with zero attached hydrogens (tertiary/aromatic N) is 1. The van der Waals surface area contributed by atoms with Crippen molar-refractivity contribution in [3.05, 3.63) is 54.1 Å². The minimum atomic E-state index is -3.64. The third-order valence-corrected chi connectivity index (χ3v) is 6.67. The fourth-order valence-corrected chi connectivity index (χ4v) is 4.21. The van der Waals surface area contributed by atoms with Crippen LogP contribution in [0.4, 0.5) is 5.69 Å². The van der Waals surface area contributed by atoms with E-state index < -0.39 is 28.3 Å². The molecule has 4 rings (SSSR count). The molecule has 2 aliphatic rings. The van der Waals surface area contributed by atoms with Crippen LogP contribution >= 0.6 is 0 Å². The molecule has 0 saturated carbocycles. The van der Waals surface area contributed by atoms with Crippen molar-refractivity contribution in [3.63, 3.8) is 0 Å². The summed E-state index contributed by atoms with van der Waals surface area (Å²) in [4.78, 5) is 0.223. The summed E-state index contributed by atoms with van der Waals surface area (Å²) in [6.07, 6.45) is 0. The molecule has 8 heteroatoms. The van der Waals surface area contributed by atoms with Gasteiger partial charge in [0, 0.05) is 11.3 Å². The zero-order valence-corrected chi connectivity index (χ0v) is 16.5. The lowest BCUT2D eigenvalue weighted by Crippen LogP contribution is -2.41. The number of nitrogens with one attached hydrogen (secondary N) is 1. The first-order valence-electron chi connectivity index (χ1n) is 8.76. The van der Waals surface area contributed by atoms with Gasteiger partial charge in [-0.1, -0.05) is 24.3 Å². The summed E-state index contributed by atoms with van der Waals surface area (Å²) in [6, 6.07) is 14.3. The maximum Gasteiger partial charge on any atom is 0.494 e. The highest BCUT2D eigenvalue weighted by atomic mass is 32.2. The minimum Gasteiger partial charge on any atom is -0.399 e. The molecule has 0 spiro atoms. The smallest absolute Gasteiger partial charge is 0.399 e. The fraction of sp³-hybridized carbons (Fsp3) is 0.316. The molecule has 2 aromatic carbocycles. The number of rotatable bonds is 2. The SMILES string of the molecule is CC1(C)OB(c2ccc(NC3=NS(=O)(=O)c4ccccc43)cc2)OC1(C)C. The predicted octanol–water partition coefficient (Wildman–Crippen LogP) is 2.55. The first-order valence-corrected chi connectivity index (χ1v) is 10.2. The van der Waals surface area contributed by atoms with E-state index in [0.29, 0.717) is 11.4 Å². The highest BCUT2D eigenvalue weighted by Crippen LogP contribution is 2.36. The fourth-order valence-electron chi connectivity index (χ4n) is 3.04. The second-order valence-corrected chi connectivity index (χ2v) is 9.32. The average Bonchev–Trinajstić information content (AvgIpc) is 2.98. The van der Waals surface area contributed by atoms with Crippen molar-refractivity contribution in [1.82, 2.24) is 0 Å². The van der Waals surface area contributed by atoms with Crippen molar-refractivity contribution in [2.24, 2.45) is 4.40 Å². The van der Waals surface area contributed by atoms with Crippen molar-refractivity contribution in [2.75, 3.05) is 5.32 Å². The zero-order valence-electron chi connectivity index (χ0n) is 15.7. The van der Waals surface area contributed by atoms with E-state index in [-0.39, 0.29) is 4.90 Å². The summed E-state index contributed by atoms with van der Waals surface area (Å²) in [7, 11) is -4.07. The van der Waals surface area contributed by atoms with Crippen molar-refractivity contribution in [2.45, 2.75) is 43.8 Å². The summed E-state index contributed by atoms with van der Waals surface area (Å²) in [5.41, 5.74) is 1.42. The van der Waals surface area contributed by atoms with Crippen molar-refractivity contribution in [1.29, 1.82) is 0 Å². The number of hydrogen-bond acceptors (Lipinski definition) is 5. The Morgan fingerprint density at radius 2 is 1.52 bits per heavy atom. The Kier molecular flexibility index (Phi) is 4.00. The van der Waals surface area contributed by atoms with Crippen LogP contribution in [0.15, 0.2) is 57.8 Å². The Balaban J connectivity index is 1.55. The van der Waals surface area contributed by atoms with Gasteiger partial charge in [0.05, 0.1) is 11.2 Å². The molecule has 0 atom stereocenters. The third kappa shape index (κ3) is 3.07. The van der Waals surface area contributed by atoms with Gasteiger partial charge in [-0.05, 0) is 57.4 Å². The lowest BCUT2D eigenvalue weighted by molar-refractivity contribution is 0.00578. The lowest BCUT2D eigenvalue weighted by Gasteiger charge is -2.32. The first kappa shape index (κ1) is 18.2. The van der Waals surface area contributed by atoms with E-state index in [1.807, 2.05) is 52.0 Å². The Hall–Kier alpha value is -2.16. The van der Waals surface area contributed by atoms with Crippen molar-refractivity contribution in [3.8, 4) is 0 Å². The van der Waals surface area contributed by atoms with Crippen LogP contribution in [0.5, 0.6) is 0 Å². The van der Waals surface area contributed by atoms with Crippen LogP contribution in [-0.4, -0.2) is 32.6 Å². The van der Waals surface area contributed by atoms with Gasteiger partial charge in [-0.3, -0.25) is 0 Å². The van der Waals surface area contributed by atoms with Gasteiger partial charge in [-0.25, -0.2) is 0 Å². The predicted molar refractivity (Wildman–Crippen MR) is 106 cm³/mol. The van der Waals surface area contributed by atoms with Crippen LogP contribution in [0, 0.1) is 0 Å². The van der Waals surface area contributed by atoms with E-state index in [0.717, 1.165) is 11.2 Å². The van der Waals surface area contributed by atoms with Crippen LogP contribution in [0.25, 0.3) is 0 Å². The summed E-state index contributed by atoms with van der Waals surface area (Å²) >= 11 is 0. The summed E-state index contributed by atoms with van der Waals surface area (Å²) in [5, 5.41) is 3.09. The molecule has 0 radical (unpaired) electrons.